The van der Waals surface area contributed by atoms with Crippen LogP contribution >= 0.6 is 11.6 Å². The fraction of sp³-hybridized carbons (Fsp3) is 0.667. The van der Waals surface area contributed by atoms with E-state index in [9.17, 15) is 13.2 Å². The van der Waals surface area contributed by atoms with Gasteiger partial charge in [-0.05, 0) is 63.1 Å². The van der Waals surface area contributed by atoms with E-state index in [4.69, 9.17) is 11.6 Å². The van der Waals surface area contributed by atoms with Crippen LogP contribution in [0.25, 0.3) is 0 Å². The van der Waals surface area contributed by atoms with Crippen LogP contribution in [0.1, 0.15) is 70.9 Å². The number of halogens is 1. The number of carbonyl (C=O) groups excluding carboxylic acids is 1. The smallest absolute Gasteiger partial charge is 0.226 e. The molecule has 1 saturated heterocycles. The fourth-order valence-corrected chi connectivity index (χ4v) is 6.13. The molecular formula is C21H31ClN2O3S. The van der Waals surface area contributed by atoms with Crippen molar-refractivity contribution >= 4 is 27.5 Å². The second-order valence-corrected chi connectivity index (χ2v) is 10.6. The first-order chi connectivity index (χ1) is 13.3. The number of likely N-dealkylation sites (tertiary alicyclic amines) is 1. The molecule has 1 aliphatic heterocycles. The lowest BCUT2D eigenvalue weighted by atomic mass is 9.84. The van der Waals surface area contributed by atoms with Crippen molar-refractivity contribution in [3.8, 4) is 0 Å². The molecule has 0 radical (unpaired) electrons. The summed E-state index contributed by atoms with van der Waals surface area (Å²) in [5, 5.41) is 0.404. The molecule has 0 bridgehead atoms. The summed E-state index contributed by atoms with van der Waals surface area (Å²) in [7, 11) is -3.31. The first-order valence-electron chi connectivity index (χ1n) is 10.4. The summed E-state index contributed by atoms with van der Waals surface area (Å²) in [4.78, 5) is 15.3. The highest BCUT2D eigenvalue weighted by molar-refractivity contribution is 7.90. The lowest BCUT2D eigenvalue weighted by molar-refractivity contribution is -0.146. The third kappa shape index (κ3) is 4.55. The Balaban J connectivity index is 1.90. The molecular weight excluding hydrogens is 396 g/mol. The Bertz CT molecular complexity index is 792. The van der Waals surface area contributed by atoms with Crippen molar-refractivity contribution in [3.63, 3.8) is 0 Å². The Morgan fingerprint density at radius 3 is 2.32 bits per heavy atom. The Morgan fingerprint density at radius 2 is 1.79 bits per heavy atom. The topological polar surface area (TPSA) is 66.5 Å². The Hall–Kier alpha value is -1.11. The maximum absolute atomic E-state index is 13.3. The number of benzene rings is 1. The van der Waals surface area contributed by atoms with E-state index in [0.717, 1.165) is 37.7 Å². The molecule has 28 heavy (non-hydrogen) atoms. The third-order valence-electron chi connectivity index (χ3n) is 6.14. The Morgan fingerprint density at radius 1 is 1.14 bits per heavy atom. The molecule has 0 spiro atoms. The van der Waals surface area contributed by atoms with Gasteiger partial charge in [-0.1, -0.05) is 37.6 Å². The van der Waals surface area contributed by atoms with Gasteiger partial charge in [-0.15, -0.1) is 0 Å². The zero-order valence-corrected chi connectivity index (χ0v) is 18.5. The number of nitrogens with one attached hydrogen (secondary N) is 1. The van der Waals surface area contributed by atoms with Crippen LogP contribution in [-0.2, 0) is 14.8 Å². The van der Waals surface area contributed by atoms with E-state index in [1.165, 1.54) is 0 Å². The van der Waals surface area contributed by atoms with Crippen LogP contribution in [0.4, 0.5) is 0 Å². The number of nitrogens with zero attached hydrogens (tertiary/aromatic N) is 1. The minimum Gasteiger partial charge on any atom is -0.331 e. The Kier molecular flexibility index (Phi) is 6.72. The molecule has 2 aliphatic rings. The summed E-state index contributed by atoms with van der Waals surface area (Å²) in [5.41, 5.74) is 1.06. The van der Waals surface area contributed by atoms with E-state index >= 15 is 0 Å². The van der Waals surface area contributed by atoms with Crippen molar-refractivity contribution < 1.29 is 13.2 Å². The van der Waals surface area contributed by atoms with Gasteiger partial charge in [0.05, 0.1) is 11.3 Å². The van der Waals surface area contributed by atoms with Crippen molar-refractivity contribution in [1.82, 2.24) is 9.62 Å². The molecule has 156 valence electrons. The summed E-state index contributed by atoms with van der Waals surface area (Å²) >= 11 is 6.05. The zero-order chi connectivity index (χ0) is 20.5. The van der Waals surface area contributed by atoms with E-state index in [1.807, 2.05) is 49.9 Å². The molecule has 2 fully saturated rings. The van der Waals surface area contributed by atoms with Crippen molar-refractivity contribution in [2.24, 2.45) is 5.92 Å². The molecule has 3 rings (SSSR count). The first-order valence-corrected chi connectivity index (χ1v) is 12.3. The van der Waals surface area contributed by atoms with Gasteiger partial charge in [-0.25, -0.2) is 13.1 Å². The van der Waals surface area contributed by atoms with Crippen LogP contribution in [0, 0.1) is 5.92 Å². The lowest BCUT2D eigenvalue weighted by Crippen LogP contribution is -2.56. The van der Waals surface area contributed by atoms with E-state index in [1.54, 1.807) is 0 Å². The lowest BCUT2D eigenvalue weighted by Gasteiger charge is -2.46. The third-order valence-corrected chi connectivity index (χ3v) is 8.44. The average molecular weight is 427 g/mol. The fourth-order valence-electron chi connectivity index (χ4n) is 4.37. The van der Waals surface area contributed by atoms with Crippen molar-refractivity contribution in [2.75, 3.05) is 0 Å². The summed E-state index contributed by atoms with van der Waals surface area (Å²) in [6, 6.07) is 7.10. The molecule has 1 amide bonds. The maximum atomic E-state index is 13.3. The molecule has 1 saturated carbocycles. The van der Waals surface area contributed by atoms with Crippen LogP contribution in [0.5, 0.6) is 0 Å². The highest BCUT2D eigenvalue weighted by Crippen LogP contribution is 2.39. The molecule has 7 heteroatoms. The zero-order valence-electron chi connectivity index (χ0n) is 16.9. The van der Waals surface area contributed by atoms with Crippen molar-refractivity contribution in [2.45, 2.75) is 82.7 Å². The highest BCUT2D eigenvalue weighted by atomic mass is 35.5. The van der Waals surface area contributed by atoms with Gasteiger partial charge in [0.15, 0.2) is 0 Å². The number of sulfonamides is 1. The minimum absolute atomic E-state index is 0.00448. The summed E-state index contributed by atoms with van der Waals surface area (Å²) in [5.74, 6) is 0.142. The second kappa shape index (κ2) is 8.72. The summed E-state index contributed by atoms with van der Waals surface area (Å²) in [6.07, 6.45) is 4.70. The standard InChI is InChI=1S/C21H31ClN2O3S/c1-4-15-8-13-20(16-6-9-17(22)10-7-16)24(21(15)25)19(5-2)14(3)23-28(26,27)18-11-12-18/h6-7,9-10,14-15,18-20,23H,4-5,8,11-13H2,1-3H3. The van der Waals surface area contributed by atoms with Gasteiger partial charge >= 0.3 is 0 Å². The van der Waals surface area contributed by atoms with Gasteiger partial charge in [0.1, 0.15) is 0 Å². The molecule has 1 aromatic rings. The SMILES string of the molecule is CCC1CCC(c2ccc(Cl)cc2)N(C(CC)C(C)NS(=O)(=O)C2CC2)C1=O. The van der Waals surface area contributed by atoms with Crippen LogP contribution in [0.15, 0.2) is 24.3 Å². The summed E-state index contributed by atoms with van der Waals surface area (Å²) < 4.78 is 27.8. The van der Waals surface area contributed by atoms with Gasteiger partial charge in [0.25, 0.3) is 0 Å². The first kappa shape index (κ1) is 21.6. The van der Waals surface area contributed by atoms with Crippen molar-refractivity contribution in [1.29, 1.82) is 0 Å². The predicted octanol–water partition coefficient (Wildman–Crippen LogP) is 4.28. The van der Waals surface area contributed by atoms with Crippen LogP contribution in [0.2, 0.25) is 5.02 Å². The van der Waals surface area contributed by atoms with Gasteiger partial charge in [0.2, 0.25) is 15.9 Å². The van der Waals surface area contributed by atoms with Crippen LogP contribution in [0.3, 0.4) is 0 Å². The van der Waals surface area contributed by atoms with Crippen molar-refractivity contribution in [3.05, 3.63) is 34.9 Å². The number of piperidine rings is 1. The predicted molar refractivity (Wildman–Crippen MR) is 113 cm³/mol. The average Bonchev–Trinajstić information content (AvgIpc) is 3.50. The molecule has 1 aromatic carbocycles. The number of hydrogen-bond donors (Lipinski definition) is 1. The van der Waals surface area contributed by atoms with Gasteiger partial charge in [0, 0.05) is 23.0 Å². The normalized spacial score (nSPS) is 25.6. The molecule has 1 aliphatic carbocycles. The molecule has 1 N–H and O–H groups in total. The van der Waals surface area contributed by atoms with Gasteiger partial charge in [-0.2, -0.15) is 0 Å². The van der Waals surface area contributed by atoms with E-state index in [2.05, 4.69) is 4.72 Å². The molecule has 0 aromatic heterocycles. The molecule has 1 heterocycles. The Labute approximate surface area is 173 Å². The molecule has 4 unspecified atom stereocenters. The second-order valence-electron chi connectivity index (χ2n) is 8.12. The molecule has 4 atom stereocenters. The maximum Gasteiger partial charge on any atom is 0.226 e. The van der Waals surface area contributed by atoms with E-state index in [-0.39, 0.29) is 35.2 Å². The molecule has 5 nitrogen and oxygen atoms in total. The van der Waals surface area contributed by atoms with E-state index < -0.39 is 10.0 Å². The highest BCUT2D eigenvalue weighted by Gasteiger charge is 2.43. The number of amides is 1. The quantitative estimate of drug-likeness (QED) is 0.674. The summed E-state index contributed by atoms with van der Waals surface area (Å²) in [6.45, 7) is 5.95. The minimum atomic E-state index is -3.31. The number of carbonyl (C=O) groups is 1. The monoisotopic (exact) mass is 426 g/mol. The van der Waals surface area contributed by atoms with Crippen LogP contribution in [-0.4, -0.2) is 36.6 Å². The van der Waals surface area contributed by atoms with Crippen LogP contribution < -0.4 is 4.72 Å². The van der Waals surface area contributed by atoms with E-state index in [0.29, 0.717) is 11.4 Å². The van der Waals surface area contributed by atoms with Gasteiger partial charge < -0.3 is 4.90 Å². The number of hydrogen-bond acceptors (Lipinski definition) is 3. The van der Waals surface area contributed by atoms with Gasteiger partial charge in [-0.3, -0.25) is 4.79 Å². The number of rotatable bonds is 8. The largest absolute Gasteiger partial charge is 0.331 e.